The first-order valence-corrected chi connectivity index (χ1v) is 6.45. The minimum absolute atomic E-state index is 0.0276. The average molecular weight is 257 g/mol. The normalized spacial score (nSPS) is 21.7. The lowest BCUT2D eigenvalue weighted by atomic mass is 9.91. The summed E-state index contributed by atoms with van der Waals surface area (Å²) in [7, 11) is 0. The second-order valence-electron chi connectivity index (χ2n) is 4.89. The Morgan fingerprint density at radius 2 is 2.06 bits per heavy atom. The molecule has 1 heterocycles. The molecule has 18 heavy (non-hydrogen) atoms. The maximum Gasteiger partial charge on any atom is 0.233 e. The molecule has 6 heteroatoms. The predicted molar refractivity (Wildman–Crippen MR) is 68.2 cm³/mol. The van der Waals surface area contributed by atoms with Crippen molar-refractivity contribution in [2.45, 2.75) is 39.2 Å². The molecule has 6 nitrogen and oxygen atoms in total. The number of amidine groups is 1. The van der Waals surface area contributed by atoms with Crippen molar-refractivity contribution in [1.29, 1.82) is 0 Å². The first-order valence-electron chi connectivity index (χ1n) is 6.45. The lowest BCUT2D eigenvalue weighted by molar-refractivity contribution is -0.135. The molecule has 1 aliphatic rings. The van der Waals surface area contributed by atoms with Gasteiger partial charge in [0.2, 0.25) is 5.91 Å². The van der Waals surface area contributed by atoms with E-state index in [0.717, 1.165) is 12.8 Å². The Balaban J connectivity index is 2.59. The van der Waals surface area contributed by atoms with E-state index in [1.54, 1.807) is 11.8 Å². The standard InChI is InChI=1S/C12H23N3O3/c1-3-10(11(13)14-18)12(17)15-6-4-9(5-7-15)8(2)16/h8-10,16,18H,3-7H2,1-2H3,(H2,13,14). The molecular formula is C12H23N3O3. The van der Waals surface area contributed by atoms with Crippen molar-refractivity contribution in [3.63, 3.8) is 0 Å². The van der Waals surface area contributed by atoms with Gasteiger partial charge in [0.1, 0.15) is 0 Å². The highest BCUT2D eigenvalue weighted by Crippen LogP contribution is 2.22. The van der Waals surface area contributed by atoms with Crippen LogP contribution in [0, 0.1) is 11.8 Å². The zero-order valence-corrected chi connectivity index (χ0v) is 11.0. The number of aliphatic hydroxyl groups excluding tert-OH is 1. The summed E-state index contributed by atoms with van der Waals surface area (Å²) in [5, 5.41) is 21.1. The first-order chi connectivity index (χ1) is 8.51. The minimum atomic E-state index is -0.543. The number of hydrogen-bond acceptors (Lipinski definition) is 4. The van der Waals surface area contributed by atoms with Crippen LogP contribution in [0.5, 0.6) is 0 Å². The van der Waals surface area contributed by atoms with Gasteiger partial charge in [-0.1, -0.05) is 12.1 Å². The maximum absolute atomic E-state index is 12.2. The van der Waals surface area contributed by atoms with Gasteiger partial charge >= 0.3 is 0 Å². The van der Waals surface area contributed by atoms with Gasteiger partial charge in [-0.15, -0.1) is 0 Å². The highest BCUT2D eigenvalue weighted by atomic mass is 16.4. The summed E-state index contributed by atoms with van der Waals surface area (Å²) >= 11 is 0. The molecule has 0 aromatic heterocycles. The third kappa shape index (κ3) is 3.35. The minimum Gasteiger partial charge on any atom is -0.409 e. The van der Waals surface area contributed by atoms with Crippen LogP contribution in [0.3, 0.4) is 0 Å². The van der Waals surface area contributed by atoms with E-state index >= 15 is 0 Å². The quantitative estimate of drug-likeness (QED) is 0.293. The number of likely N-dealkylation sites (tertiary alicyclic amines) is 1. The van der Waals surface area contributed by atoms with Crippen LogP contribution in [-0.4, -0.2) is 46.1 Å². The van der Waals surface area contributed by atoms with Crippen molar-refractivity contribution in [2.75, 3.05) is 13.1 Å². The van der Waals surface area contributed by atoms with Crippen LogP contribution in [0.2, 0.25) is 0 Å². The second-order valence-corrected chi connectivity index (χ2v) is 4.89. The largest absolute Gasteiger partial charge is 0.409 e. The number of aliphatic hydroxyl groups is 1. The summed E-state index contributed by atoms with van der Waals surface area (Å²) in [6.07, 6.45) is 1.80. The second kappa shape index (κ2) is 6.58. The van der Waals surface area contributed by atoms with Crippen LogP contribution in [0.1, 0.15) is 33.1 Å². The number of hydrogen-bond donors (Lipinski definition) is 3. The lowest BCUT2D eigenvalue weighted by Crippen LogP contribution is -2.46. The van der Waals surface area contributed by atoms with Gasteiger partial charge in [-0.2, -0.15) is 0 Å². The van der Waals surface area contributed by atoms with Gasteiger partial charge in [-0.3, -0.25) is 4.79 Å². The lowest BCUT2D eigenvalue weighted by Gasteiger charge is -2.34. The molecule has 0 aromatic rings. The van der Waals surface area contributed by atoms with Crippen LogP contribution in [0.4, 0.5) is 0 Å². The van der Waals surface area contributed by atoms with Crippen LogP contribution in [0.15, 0.2) is 5.16 Å². The Morgan fingerprint density at radius 1 is 1.50 bits per heavy atom. The fraction of sp³-hybridized carbons (Fsp3) is 0.833. The highest BCUT2D eigenvalue weighted by Gasteiger charge is 2.30. The van der Waals surface area contributed by atoms with Crippen LogP contribution in [-0.2, 0) is 4.79 Å². The highest BCUT2D eigenvalue weighted by molar-refractivity contribution is 6.02. The molecule has 1 aliphatic heterocycles. The van der Waals surface area contributed by atoms with Crippen molar-refractivity contribution in [3.8, 4) is 0 Å². The molecule has 0 aliphatic carbocycles. The van der Waals surface area contributed by atoms with E-state index < -0.39 is 5.92 Å². The topological polar surface area (TPSA) is 99.2 Å². The SMILES string of the molecule is CCC(C(=O)N1CCC(C(C)O)CC1)C(N)=NO. The van der Waals surface area contributed by atoms with E-state index in [-0.39, 0.29) is 23.8 Å². The number of nitrogens with zero attached hydrogens (tertiary/aromatic N) is 2. The summed E-state index contributed by atoms with van der Waals surface area (Å²) in [4.78, 5) is 13.9. The van der Waals surface area contributed by atoms with Crippen molar-refractivity contribution in [2.24, 2.45) is 22.7 Å². The summed E-state index contributed by atoms with van der Waals surface area (Å²) in [5.74, 6) is -0.395. The maximum atomic E-state index is 12.2. The number of piperidine rings is 1. The Kier molecular flexibility index (Phi) is 5.40. The van der Waals surface area contributed by atoms with Crippen LogP contribution in [0.25, 0.3) is 0 Å². The van der Waals surface area contributed by atoms with Gasteiger partial charge in [-0.05, 0) is 32.1 Å². The molecule has 0 bridgehead atoms. The van der Waals surface area contributed by atoms with Gasteiger partial charge in [0.05, 0.1) is 12.0 Å². The monoisotopic (exact) mass is 257 g/mol. The zero-order chi connectivity index (χ0) is 13.7. The van der Waals surface area contributed by atoms with Gasteiger partial charge in [0.15, 0.2) is 5.84 Å². The van der Waals surface area contributed by atoms with Crippen LogP contribution >= 0.6 is 0 Å². The van der Waals surface area contributed by atoms with Crippen molar-refractivity contribution in [1.82, 2.24) is 4.90 Å². The number of rotatable bonds is 4. The van der Waals surface area contributed by atoms with E-state index in [4.69, 9.17) is 10.9 Å². The predicted octanol–water partition coefficient (Wildman–Crippen LogP) is 0.378. The van der Waals surface area contributed by atoms with Crippen molar-refractivity contribution in [3.05, 3.63) is 0 Å². The van der Waals surface area contributed by atoms with Crippen LogP contribution < -0.4 is 5.73 Å². The molecule has 0 saturated carbocycles. The Bertz CT molecular complexity index is 310. The molecule has 2 atom stereocenters. The summed E-state index contributed by atoms with van der Waals surface area (Å²) < 4.78 is 0. The van der Waals surface area contributed by atoms with E-state index in [1.165, 1.54) is 0 Å². The van der Waals surface area contributed by atoms with Gasteiger partial charge < -0.3 is 20.9 Å². The summed E-state index contributed by atoms with van der Waals surface area (Å²) in [6.45, 7) is 4.88. The van der Waals surface area contributed by atoms with E-state index in [2.05, 4.69) is 5.16 Å². The zero-order valence-electron chi connectivity index (χ0n) is 11.0. The number of oxime groups is 1. The van der Waals surface area contributed by atoms with Crippen molar-refractivity contribution >= 4 is 11.7 Å². The molecule has 1 fully saturated rings. The molecule has 104 valence electrons. The molecule has 4 N–H and O–H groups in total. The number of carbonyl (C=O) groups excluding carboxylic acids is 1. The van der Waals surface area contributed by atoms with Gasteiger partial charge in [0.25, 0.3) is 0 Å². The average Bonchev–Trinajstić information content (AvgIpc) is 2.39. The molecule has 1 amide bonds. The van der Waals surface area contributed by atoms with Crippen molar-refractivity contribution < 1.29 is 15.1 Å². The summed E-state index contributed by atoms with van der Waals surface area (Å²) in [6, 6.07) is 0. The molecular weight excluding hydrogens is 234 g/mol. The van der Waals surface area contributed by atoms with E-state index in [9.17, 15) is 9.90 Å². The van der Waals surface area contributed by atoms with E-state index in [1.807, 2.05) is 6.92 Å². The Hall–Kier alpha value is -1.30. The third-order valence-electron chi connectivity index (χ3n) is 3.71. The molecule has 0 aromatic carbocycles. The smallest absolute Gasteiger partial charge is 0.233 e. The molecule has 0 spiro atoms. The molecule has 1 rings (SSSR count). The number of amides is 1. The fourth-order valence-corrected chi connectivity index (χ4v) is 2.40. The molecule has 1 saturated heterocycles. The van der Waals surface area contributed by atoms with Gasteiger partial charge in [-0.25, -0.2) is 0 Å². The molecule has 0 radical (unpaired) electrons. The summed E-state index contributed by atoms with van der Waals surface area (Å²) in [5.41, 5.74) is 5.52. The first kappa shape index (κ1) is 14.8. The number of nitrogens with two attached hydrogens (primary N) is 1. The third-order valence-corrected chi connectivity index (χ3v) is 3.71. The molecule has 2 unspecified atom stereocenters. The van der Waals surface area contributed by atoms with Gasteiger partial charge in [0, 0.05) is 13.1 Å². The fourth-order valence-electron chi connectivity index (χ4n) is 2.40. The Labute approximate surface area is 107 Å². The van der Waals surface area contributed by atoms with E-state index in [0.29, 0.717) is 19.5 Å². The number of carbonyl (C=O) groups is 1. The Morgan fingerprint density at radius 3 is 2.44 bits per heavy atom.